The van der Waals surface area contributed by atoms with Gasteiger partial charge in [0.05, 0.1) is 12.6 Å². The predicted octanol–water partition coefficient (Wildman–Crippen LogP) is 5.40. The molecule has 0 aliphatic heterocycles. The van der Waals surface area contributed by atoms with E-state index in [4.69, 9.17) is 4.74 Å². The predicted molar refractivity (Wildman–Crippen MR) is 116 cm³/mol. The first-order chi connectivity index (χ1) is 12.9. The summed E-state index contributed by atoms with van der Waals surface area (Å²) in [5.41, 5.74) is 1.24. The van der Waals surface area contributed by atoms with Crippen LogP contribution in [0.25, 0.3) is 0 Å². The van der Waals surface area contributed by atoms with E-state index in [1.807, 2.05) is 32.9 Å². The Morgan fingerprint density at radius 3 is 2.48 bits per heavy atom. The van der Waals surface area contributed by atoms with Crippen molar-refractivity contribution in [2.24, 2.45) is 11.8 Å². The minimum atomic E-state index is -1.02. The van der Waals surface area contributed by atoms with Gasteiger partial charge < -0.3 is 9.29 Å². The zero-order chi connectivity index (χ0) is 19.7. The van der Waals surface area contributed by atoms with E-state index in [1.54, 1.807) is 0 Å². The van der Waals surface area contributed by atoms with Crippen molar-refractivity contribution in [3.63, 3.8) is 0 Å². The Labute approximate surface area is 169 Å². The second kappa shape index (κ2) is 11.3. The second-order valence-corrected chi connectivity index (χ2v) is 10.7. The molecule has 1 aromatic rings. The zero-order valence-electron chi connectivity index (χ0n) is 17.3. The fourth-order valence-corrected chi connectivity index (χ4v) is 4.64. The Bertz CT molecular complexity index is 535. The Kier molecular flexibility index (Phi) is 9.37. The third-order valence-electron chi connectivity index (χ3n) is 5.48. The van der Waals surface area contributed by atoms with E-state index in [0.717, 1.165) is 25.4 Å². The molecule has 2 atom stereocenters. The van der Waals surface area contributed by atoms with Gasteiger partial charge in [-0.05, 0) is 63.9 Å². The summed E-state index contributed by atoms with van der Waals surface area (Å²) in [6, 6.07) is 10.6. The standard InChI is InChI=1S/C23H37NO2S/c1-5-9-22(24-27(25)23(2,3)4)21-14-12-19(13-15-21)16-17-26-18-20-10-7-6-8-11-20/h5-8,10-11,19,21-22,24H,1,9,12-18H2,2-4H3/t19-,21-,22-,27?/m1/s1. The molecule has 1 saturated carbocycles. The van der Waals surface area contributed by atoms with Gasteiger partial charge in [0.15, 0.2) is 0 Å². The lowest BCUT2D eigenvalue weighted by Crippen LogP contribution is -2.48. The lowest BCUT2D eigenvalue weighted by atomic mass is 9.77. The van der Waals surface area contributed by atoms with Crippen molar-refractivity contribution in [1.29, 1.82) is 0 Å². The summed E-state index contributed by atoms with van der Waals surface area (Å²) in [6.45, 7) is 11.5. The van der Waals surface area contributed by atoms with Crippen LogP contribution in [0.5, 0.6) is 0 Å². The molecule has 1 aromatic carbocycles. The SMILES string of the molecule is C=CC[C@@H](N[S+]([O-])C(C)(C)C)[C@H]1CC[C@H](CCOCc2ccccc2)CC1. The van der Waals surface area contributed by atoms with Gasteiger partial charge in [0.1, 0.15) is 4.75 Å². The van der Waals surface area contributed by atoms with Crippen LogP contribution < -0.4 is 4.72 Å². The van der Waals surface area contributed by atoms with Crippen molar-refractivity contribution in [2.75, 3.05) is 6.61 Å². The number of benzene rings is 1. The van der Waals surface area contributed by atoms with Crippen LogP contribution in [0.15, 0.2) is 43.0 Å². The lowest BCUT2D eigenvalue weighted by Gasteiger charge is -2.35. The molecule has 2 rings (SSSR count). The maximum Gasteiger partial charge on any atom is 0.136 e. The van der Waals surface area contributed by atoms with Gasteiger partial charge in [-0.1, -0.05) is 49.2 Å². The Hall–Kier alpha value is -0.810. The van der Waals surface area contributed by atoms with Crippen LogP contribution >= 0.6 is 0 Å². The molecule has 27 heavy (non-hydrogen) atoms. The van der Waals surface area contributed by atoms with Gasteiger partial charge >= 0.3 is 0 Å². The quantitative estimate of drug-likeness (QED) is 0.330. The summed E-state index contributed by atoms with van der Waals surface area (Å²) in [5, 5.41) is 0. The van der Waals surface area contributed by atoms with Gasteiger partial charge in [0.2, 0.25) is 0 Å². The van der Waals surface area contributed by atoms with Crippen LogP contribution in [-0.2, 0) is 22.7 Å². The largest absolute Gasteiger partial charge is 0.598 e. The van der Waals surface area contributed by atoms with E-state index in [0.29, 0.717) is 12.5 Å². The highest BCUT2D eigenvalue weighted by molar-refractivity contribution is 7.90. The first kappa shape index (κ1) is 22.5. The van der Waals surface area contributed by atoms with Gasteiger partial charge in [-0.2, -0.15) is 0 Å². The van der Waals surface area contributed by atoms with E-state index >= 15 is 0 Å². The Morgan fingerprint density at radius 1 is 1.22 bits per heavy atom. The minimum Gasteiger partial charge on any atom is -0.598 e. The van der Waals surface area contributed by atoms with E-state index in [2.05, 4.69) is 35.6 Å². The molecule has 1 N–H and O–H groups in total. The molecule has 0 spiro atoms. The summed E-state index contributed by atoms with van der Waals surface area (Å²) in [7, 11) is 0. The van der Waals surface area contributed by atoms with Crippen molar-refractivity contribution < 1.29 is 9.29 Å². The average Bonchev–Trinajstić information content (AvgIpc) is 2.65. The normalized spacial score (nSPS) is 23.0. The van der Waals surface area contributed by atoms with Crippen LogP contribution in [0.4, 0.5) is 0 Å². The molecule has 0 bridgehead atoms. The molecule has 4 heteroatoms. The van der Waals surface area contributed by atoms with E-state index in [1.165, 1.54) is 31.2 Å². The summed E-state index contributed by atoms with van der Waals surface area (Å²) >= 11 is -1.02. The van der Waals surface area contributed by atoms with Crippen molar-refractivity contribution in [3.8, 4) is 0 Å². The van der Waals surface area contributed by atoms with Crippen molar-refractivity contribution in [1.82, 2.24) is 4.72 Å². The highest BCUT2D eigenvalue weighted by Crippen LogP contribution is 2.34. The van der Waals surface area contributed by atoms with Crippen molar-refractivity contribution >= 4 is 11.4 Å². The van der Waals surface area contributed by atoms with Crippen LogP contribution in [0.2, 0.25) is 0 Å². The molecule has 152 valence electrons. The summed E-state index contributed by atoms with van der Waals surface area (Å²) < 4.78 is 21.5. The molecule has 1 aliphatic carbocycles. The molecule has 0 heterocycles. The number of ether oxygens (including phenoxy) is 1. The molecule has 0 aromatic heterocycles. The summed E-state index contributed by atoms with van der Waals surface area (Å²) in [5.74, 6) is 1.35. The number of rotatable bonds is 10. The molecular weight excluding hydrogens is 354 g/mol. The molecular formula is C23H37NO2S. The summed E-state index contributed by atoms with van der Waals surface area (Å²) in [6.07, 6.45) is 8.89. The fraction of sp³-hybridized carbons (Fsp3) is 0.652. The van der Waals surface area contributed by atoms with Crippen LogP contribution in [-0.4, -0.2) is 21.9 Å². The minimum absolute atomic E-state index is 0.229. The maximum atomic E-state index is 12.5. The van der Waals surface area contributed by atoms with Gasteiger partial charge in [0, 0.05) is 18.0 Å². The number of nitrogens with one attached hydrogen (secondary N) is 1. The smallest absolute Gasteiger partial charge is 0.136 e. The van der Waals surface area contributed by atoms with Gasteiger partial charge in [-0.25, -0.2) is 0 Å². The molecule has 3 nitrogen and oxygen atoms in total. The van der Waals surface area contributed by atoms with Crippen LogP contribution in [0.3, 0.4) is 0 Å². The molecule has 1 aliphatic rings. The fourth-order valence-electron chi connectivity index (χ4n) is 3.72. The Balaban J connectivity index is 1.70. The van der Waals surface area contributed by atoms with E-state index in [-0.39, 0.29) is 10.8 Å². The third kappa shape index (κ3) is 7.98. The molecule has 0 amide bonds. The van der Waals surface area contributed by atoms with Gasteiger partial charge in [0.25, 0.3) is 0 Å². The van der Waals surface area contributed by atoms with Crippen molar-refractivity contribution in [2.45, 2.75) is 76.7 Å². The first-order valence-corrected chi connectivity index (χ1v) is 11.5. The number of hydrogen-bond donors (Lipinski definition) is 1. The number of hydrogen-bond acceptors (Lipinski definition) is 3. The molecule has 0 radical (unpaired) electrons. The maximum absolute atomic E-state index is 12.5. The Morgan fingerprint density at radius 2 is 1.89 bits per heavy atom. The zero-order valence-corrected chi connectivity index (χ0v) is 18.1. The summed E-state index contributed by atoms with van der Waals surface area (Å²) in [4.78, 5) is 0. The van der Waals surface area contributed by atoms with Gasteiger partial charge in [-0.15, -0.1) is 11.3 Å². The van der Waals surface area contributed by atoms with E-state index < -0.39 is 11.4 Å². The van der Waals surface area contributed by atoms with Crippen LogP contribution in [0, 0.1) is 11.8 Å². The lowest BCUT2D eigenvalue weighted by molar-refractivity contribution is 0.0962. The topological polar surface area (TPSA) is 44.3 Å². The first-order valence-electron chi connectivity index (χ1n) is 10.3. The third-order valence-corrected chi connectivity index (χ3v) is 7.11. The highest BCUT2D eigenvalue weighted by atomic mass is 32.2. The van der Waals surface area contributed by atoms with Crippen molar-refractivity contribution in [3.05, 3.63) is 48.6 Å². The second-order valence-electron chi connectivity index (χ2n) is 8.74. The average molecular weight is 392 g/mol. The van der Waals surface area contributed by atoms with Crippen LogP contribution in [0.1, 0.15) is 64.9 Å². The molecule has 0 saturated heterocycles. The van der Waals surface area contributed by atoms with E-state index in [9.17, 15) is 4.55 Å². The van der Waals surface area contributed by atoms with Gasteiger partial charge in [-0.3, -0.25) is 0 Å². The highest BCUT2D eigenvalue weighted by Gasteiger charge is 2.33. The molecule has 1 unspecified atom stereocenters. The molecule has 1 fully saturated rings. The monoisotopic (exact) mass is 391 g/mol.